The van der Waals surface area contributed by atoms with Crippen molar-refractivity contribution in [3.05, 3.63) is 65.5 Å². The molecule has 1 aliphatic heterocycles. The number of ether oxygens (including phenoxy) is 1. The SMILES string of the molecule is C[C@@]1(c2cccc(C#Cc3ccccc3)n2)COC(=O)N1. The first-order valence-corrected chi connectivity index (χ1v) is 6.65. The van der Waals surface area contributed by atoms with Crippen molar-refractivity contribution in [3.8, 4) is 11.8 Å². The molecule has 4 heteroatoms. The Kier molecular flexibility index (Phi) is 3.33. The number of carbonyl (C=O) groups is 1. The number of cyclic esters (lactones) is 1. The highest BCUT2D eigenvalue weighted by Crippen LogP contribution is 2.23. The minimum absolute atomic E-state index is 0.272. The molecule has 104 valence electrons. The lowest BCUT2D eigenvalue weighted by Gasteiger charge is -2.20. The van der Waals surface area contributed by atoms with E-state index in [-0.39, 0.29) is 6.61 Å². The average molecular weight is 278 g/mol. The van der Waals surface area contributed by atoms with E-state index in [1.54, 1.807) is 0 Å². The number of carbonyl (C=O) groups excluding carboxylic acids is 1. The average Bonchev–Trinajstić information content (AvgIpc) is 2.87. The first-order valence-electron chi connectivity index (χ1n) is 6.65. The maximum atomic E-state index is 11.2. The van der Waals surface area contributed by atoms with Crippen LogP contribution < -0.4 is 5.32 Å². The zero-order chi connectivity index (χ0) is 14.7. The van der Waals surface area contributed by atoms with Gasteiger partial charge in [0.15, 0.2) is 0 Å². The molecule has 0 spiro atoms. The first-order chi connectivity index (χ1) is 10.2. The van der Waals surface area contributed by atoms with E-state index in [4.69, 9.17) is 4.74 Å². The summed E-state index contributed by atoms with van der Waals surface area (Å²) in [5.74, 6) is 6.11. The number of benzene rings is 1. The minimum Gasteiger partial charge on any atom is -0.447 e. The van der Waals surface area contributed by atoms with Gasteiger partial charge in [0.05, 0.1) is 5.69 Å². The predicted molar refractivity (Wildman–Crippen MR) is 78.5 cm³/mol. The van der Waals surface area contributed by atoms with E-state index in [1.807, 2.05) is 55.5 Å². The van der Waals surface area contributed by atoms with Crippen molar-refractivity contribution in [1.29, 1.82) is 0 Å². The second-order valence-corrected chi connectivity index (χ2v) is 5.06. The van der Waals surface area contributed by atoms with Crippen LogP contribution in [0.3, 0.4) is 0 Å². The van der Waals surface area contributed by atoms with E-state index in [9.17, 15) is 4.79 Å². The van der Waals surface area contributed by atoms with E-state index in [2.05, 4.69) is 22.1 Å². The molecule has 1 aromatic heterocycles. The topological polar surface area (TPSA) is 51.2 Å². The standard InChI is InChI=1S/C17H14N2O2/c1-17(12-21-16(20)19-17)15-9-5-8-14(18-15)11-10-13-6-3-2-4-7-13/h2-9H,12H2,1H3,(H,19,20)/t17-/m0/s1. The zero-order valence-electron chi connectivity index (χ0n) is 11.6. The molecule has 0 bridgehead atoms. The molecule has 1 aromatic carbocycles. The van der Waals surface area contributed by atoms with Gasteiger partial charge in [-0.2, -0.15) is 0 Å². The Morgan fingerprint density at radius 3 is 2.67 bits per heavy atom. The van der Waals surface area contributed by atoms with Gasteiger partial charge in [-0.25, -0.2) is 9.78 Å². The normalized spacial score (nSPS) is 20.1. The Balaban J connectivity index is 1.88. The number of amides is 1. The fraction of sp³-hybridized carbons (Fsp3) is 0.176. The molecule has 1 saturated heterocycles. The quantitative estimate of drug-likeness (QED) is 0.815. The molecular formula is C17H14N2O2. The van der Waals surface area contributed by atoms with E-state index in [1.165, 1.54) is 0 Å². The lowest BCUT2D eigenvalue weighted by Crippen LogP contribution is -2.38. The molecule has 0 radical (unpaired) electrons. The van der Waals surface area contributed by atoms with E-state index in [0.29, 0.717) is 5.69 Å². The van der Waals surface area contributed by atoms with Crippen LogP contribution in [0.4, 0.5) is 4.79 Å². The number of aromatic nitrogens is 1. The summed E-state index contributed by atoms with van der Waals surface area (Å²) in [6.07, 6.45) is -0.417. The van der Waals surface area contributed by atoms with Crippen molar-refractivity contribution in [2.75, 3.05) is 6.61 Å². The van der Waals surface area contributed by atoms with Gasteiger partial charge < -0.3 is 10.1 Å². The zero-order valence-corrected chi connectivity index (χ0v) is 11.6. The Morgan fingerprint density at radius 2 is 1.95 bits per heavy atom. The Labute approximate surface area is 123 Å². The summed E-state index contributed by atoms with van der Waals surface area (Å²) < 4.78 is 4.97. The van der Waals surface area contributed by atoms with Gasteiger partial charge >= 0.3 is 6.09 Å². The summed E-state index contributed by atoms with van der Waals surface area (Å²) in [4.78, 5) is 15.7. The maximum absolute atomic E-state index is 11.2. The number of alkyl carbamates (subject to hydrolysis) is 1. The van der Waals surface area contributed by atoms with E-state index >= 15 is 0 Å². The van der Waals surface area contributed by atoms with Crippen LogP contribution in [0.2, 0.25) is 0 Å². The highest BCUT2D eigenvalue weighted by molar-refractivity contribution is 5.71. The predicted octanol–water partition coefficient (Wildman–Crippen LogP) is 2.44. The summed E-state index contributed by atoms with van der Waals surface area (Å²) in [6, 6.07) is 15.3. The van der Waals surface area contributed by atoms with Crippen LogP contribution in [0.15, 0.2) is 48.5 Å². The molecule has 1 N–H and O–H groups in total. The van der Waals surface area contributed by atoms with Gasteiger partial charge in [-0.15, -0.1) is 0 Å². The van der Waals surface area contributed by atoms with E-state index < -0.39 is 11.6 Å². The monoisotopic (exact) mass is 278 g/mol. The molecule has 1 aliphatic rings. The highest BCUT2D eigenvalue weighted by Gasteiger charge is 2.37. The number of hydrogen-bond acceptors (Lipinski definition) is 3. The van der Waals surface area contributed by atoms with Crippen molar-refractivity contribution in [3.63, 3.8) is 0 Å². The summed E-state index contributed by atoms with van der Waals surface area (Å²) in [5, 5.41) is 2.78. The van der Waals surface area contributed by atoms with Crippen LogP contribution in [0.1, 0.15) is 23.9 Å². The van der Waals surface area contributed by atoms with Gasteiger partial charge in [0.1, 0.15) is 17.8 Å². The number of rotatable bonds is 1. The lowest BCUT2D eigenvalue weighted by atomic mass is 9.99. The second-order valence-electron chi connectivity index (χ2n) is 5.06. The number of hydrogen-bond donors (Lipinski definition) is 1. The Morgan fingerprint density at radius 1 is 1.14 bits per heavy atom. The fourth-order valence-corrected chi connectivity index (χ4v) is 2.11. The van der Waals surface area contributed by atoms with Crippen LogP contribution in [-0.2, 0) is 10.3 Å². The van der Waals surface area contributed by atoms with Gasteiger partial charge in [-0.05, 0) is 37.1 Å². The summed E-state index contributed by atoms with van der Waals surface area (Å²) in [6.45, 7) is 2.16. The summed E-state index contributed by atoms with van der Waals surface area (Å²) in [7, 11) is 0. The first kappa shape index (κ1) is 13.2. The highest BCUT2D eigenvalue weighted by atomic mass is 16.6. The number of pyridine rings is 1. The summed E-state index contributed by atoms with van der Waals surface area (Å²) >= 11 is 0. The van der Waals surface area contributed by atoms with Crippen LogP contribution in [0.25, 0.3) is 0 Å². The fourth-order valence-electron chi connectivity index (χ4n) is 2.11. The molecule has 0 aliphatic carbocycles. The minimum atomic E-state index is -0.596. The molecule has 1 atom stereocenters. The molecule has 2 heterocycles. The third kappa shape index (κ3) is 2.87. The Bertz CT molecular complexity index is 731. The molecule has 4 nitrogen and oxygen atoms in total. The lowest BCUT2D eigenvalue weighted by molar-refractivity contribution is 0.173. The maximum Gasteiger partial charge on any atom is 0.408 e. The van der Waals surface area contributed by atoms with Crippen LogP contribution in [0, 0.1) is 11.8 Å². The van der Waals surface area contributed by atoms with Gasteiger partial charge in [-0.1, -0.05) is 30.2 Å². The number of nitrogens with zero attached hydrogens (tertiary/aromatic N) is 1. The molecular weight excluding hydrogens is 264 g/mol. The molecule has 1 fully saturated rings. The molecule has 2 aromatic rings. The van der Waals surface area contributed by atoms with Crippen LogP contribution >= 0.6 is 0 Å². The number of nitrogens with one attached hydrogen (secondary N) is 1. The van der Waals surface area contributed by atoms with Crippen molar-refractivity contribution in [1.82, 2.24) is 10.3 Å². The van der Waals surface area contributed by atoms with Crippen molar-refractivity contribution in [2.45, 2.75) is 12.5 Å². The smallest absolute Gasteiger partial charge is 0.408 e. The second kappa shape index (κ2) is 5.29. The van der Waals surface area contributed by atoms with Crippen molar-refractivity contribution < 1.29 is 9.53 Å². The van der Waals surface area contributed by atoms with Gasteiger partial charge in [-0.3, -0.25) is 0 Å². The van der Waals surface area contributed by atoms with Crippen LogP contribution in [0.5, 0.6) is 0 Å². The largest absolute Gasteiger partial charge is 0.447 e. The van der Waals surface area contributed by atoms with Crippen LogP contribution in [-0.4, -0.2) is 17.7 Å². The third-order valence-electron chi connectivity index (χ3n) is 3.29. The molecule has 0 unspecified atom stereocenters. The van der Waals surface area contributed by atoms with Crippen molar-refractivity contribution in [2.24, 2.45) is 0 Å². The van der Waals surface area contributed by atoms with Gasteiger partial charge in [0.2, 0.25) is 0 Å². The molecule has 1 amide bonds. The molecule has 0 saturated carbocycles. The van der Waals surface area contributed by atoms with Gasteiger partial charge in [0, 0.05) is 5.56 Å². The molecule has 21 heavy (non-hydrogen) atoms. The summed E-state index contributed by atoms with van der Waals surface area (Å²) in [5.41, 5.74) is 1.75. The third-order valence-corrected chi connectivity index (χ3v) is 3.29. The van der Waals surface area contributed by atoms with Crippen molar-refractivity contribution >= 4 is 6.09 Å². The Hall–Kier alpha value is -2.80. The van der Waals surface area contributed by atoms with Gasteiger partial charge in [0.25, 0.3) is 0 Å². The van der Waals surface area contributed by atoms with E-state index in [0.717, 1.165) is 11.3 Å². The molecule has 3 rings (SSSR count).